The Morgan fingerprint density at radius 3 is 1.65 bits per heavy atom. The number of hydrogen-bond acceptors (Lipinski definition) is 2. The number of unbranched alkanes of at least 4 members (excludes halogenated alkanes) is 12. The lowest BCUT2D eigenvalue weighted by molar-refractivity contribution is 0.245. The summed E-state index contributed by atoms with van der Waals surface area (Å²) in [6, 6.07) is 0. The highest BCUT2D eigenvalue weighted by atomic mass is 32.5. The van der Waals surface area contributed by atoms with E-state index in [9.17, 15) is 0 Å². The van der Waals surface area contributed by atoms with Gasteiger partial charge in [0, 0.05) is 0 Å². The molecule has 0 saturated heterocycles. The second-order valence-electron chi connectivity index (χ2n) is 6.26. The van der Waals surface area contributed by atoms with Gasteiger partial charge in [-0.1, -0.05) is 76.9 Å². The largest absolute Gasteiger partial charge is 0.325 e. The van der Waals surface area contributed by atoms with E-state index in [1.807, 2.05) is 0 Å². The molecule has 3 nitrogen and oxygen atoms in total. The highest BCUT2D eigenvalue weighted by Gasteiger charge is 2.05. The van der Waals surface area contributed by atoms with Crippen molar-refractivity contribution in [2.75, 3.05) is 6.61 Å². The number of allylic oxidation sites excluding steroid dienone is 2. The SMILES string of the molecule is CCCCCCCC/C=C\CCCCCCCCOP(O)(O)=S. The summed E-state index contributed by atoms with van der Waals surface area (Å²) >= 11 is 4.39. The van der Waals surface area contributed by atoms with Gasteiger partial charge in [-0.05, 0) is 43.9 Å². The van der Waals surface area contributed by atoms with Crippen LogP contribution in [0.5, 0.6) is 0 Å². The van der Waals surface area contributed by atoms with E-state index in [4.69, 9.17) is 14.3 Å². The van der Waals surface area contributed by atoms with Gasteiger partial charge < -0.3 is 14.3 Å². The minimum atomic E-state index is -3.43. The van der Waals surface area contributed by atoms with Crippen LogP contribution in [0.3, 0.4) is 0 Å². The molecule has 0 aromatic carbocycles. The monoisotopic (exact) mass is 364 g/mol. The zero-order valence-electron chi connectivity index (χ0n) is 14.9. The third kappa shape index (κ3) is 22.3. The summed E-state index contributed by atoms with van der Waals surface area (Å²) in [6.45, 7) is -0.802. The van der Waals surface area contributed by atoms with Gasteiger partial charge in [-0.25, -0.2) is 0 Å². The normalized spacial score (nSPS) is 12.3. The van der Waals surface area contributed by atoms with E-state index < -0.39 is 6.72 Å². The molecule has 0 aliphatic heterocycles. The van der Waals surface area contributed by atoms with Gasteiger partial charge in [0.15, 0.2) is 0 Å². The molecule has 0 fully saturated rings. The molecule has 0 aliphatic rings. The molecule has 23 heavy (non-hydrogen) atoms. The van der Waals surface area contributed by atoms with Crippen LogP contribution in [0.25, 0.3) is 0 Å². The molecular weight excluding hydrogens is 327 g/mol. The van der Waals surface area contributed by atoms with Gasteiger partial charge in [0.25, 0.3) is 0 Å². The Kier molecular flexibility index (Phi) is 17.3. The van der Waals surface area contributed by atoms with Crippen molar-refractivity contribution in [3.05, 3.63) is 12.2 Å². The molecule has 0 rings (SSSR count). The minimum absolute atomic E-state index is 0.367. The fraction of sp³-hybridized carbons (Fsp3) is 0.889. The van der Waals surface area contributed by atoms with E-state index in [2.05, 4.69) is 30.9 Å². The lowest BCUT2D eigenvalue weighted by atomic mass is 10.1. The number of hydrogen-bond donors (Lipinski definition) is 2. The van der Waals surface area contributed by atoms with Crippen LogP contribution < -0.4 is 0 Å². The van der Waals surface area contributed by atoms with Gasteiger partial charge in [0.1, 0.15) is 0 Å². The molecule has 0 radical (unpaired) electrons. The number of rotatable bonds is 17. The third-order valence-electron chi connectivity index (χ3n) is 3.92. The third-order valence-corrected chi connectivity index (χ3v) is 4.75. The summed E-state index contributed by atoms with van der Waals surface area (Å²) in [7, 11) is 0. The molecule has 0 heterocycles. The Morgan fingerprint density at radius 1 is 0.739 bits per heavy atom. The van der Waals surface area contributed by atoms with Crippen LogP contribution in [0.4, 0.5) is 0 Å². The summed E-state index contributed by atoms with van der Waals surface area (Å²) in [5.74, 6) is 0. The van der Waals surface area contributed by atoms with Gasteiger partial charge in [0.05, 0.1) is 6.61 Å². The topological polar surface area (TPSA) is 49.7 Å². The van der Waals surface area contributed by atoms with Gasteiger partial charge in [-0.2, -0.15) is 0 Å². The molecular formula is C18H37O3PS. The molecule has 0 spiro atoms. The van der Waals surface area contributed by atoms with Crippen molar-refractivity contribution >= 4 is 18.5 Å². The average molecular weight is 365 g/mol. The molecule has 0 atom stereocenters. The molecule has 138 valence electrons. The van der Waals surface area contributed by atoms with Crippen LogP contribution in [0, 0.1) is 0 Å². The standard InChI is InChI=1S/C18H37O3PS/c1-2-3-4-5-6-7-8-9-10-11-12-13-14-15-16-17-18-21-22(19,20)23/h9-10H,2-8,11-18H2,1H3,(H2,19,20,23)/b10-9-. The second kappa shape index (κ2) is 17.1. The molecule has 0 aromatic rings. The van der Waals surface area contributed by atoms with Crippen LogP contribution >= 0.6 is 6.72 Å². The molecule has 5 heteroatoms. The molecule has 0 unspecified atom stereocenters. The molecule has 0 aliphatic carbocycles. The molecule has 0 bridgehead atoms. The van der Waals surface area contributed by atoms with Crippen LogP contribution in [-0.2, 0) is 16.3 Å². The smallest absolute Gasteiger partial charge is 0.321 e. The van der Waals surface area contributed by atoms with Crippen molar-refractivity contribution in [1.29, 1.82) is 0 Å². The Hall–Kier alpha value is 0.270. The van der Waals surface area contributed by atoms with E-state index >= 15 is 0 Å². The fourth-order valence-electron chi connectivity index (χ4n) is 2.53. The first-order valence-electron chi connectivity index (χ1n) is 9.41. The quantitative estimate of drug-likeness (QED) is 0.182. The Morgan fingerprint density at radius 2 is 1.17 bits per heavy atom. The average Bonchev–Trinajstić information content (AvgIpc) is 2.49. The molecule has 0 aromatic heterocycles. The zero-order valence-corrected chi connectivity index (χ0v) is 16.6. The van der Waals surface area contributed by atoms with Gasteiger partial charge in [0.2, 0.25) is 0 Å². The lowest BCUT2D eigenvalue weighted by Crippen LogP contribution is -1.91. The summed E-state index contributed by atoms with van der Waals surface area (Å²) in [4.78, 5) is 17.8. The lowest BCUT2D eigenvalue weighted by Gasteiger charge is -2.07. The van der Waals surface area contributed by atoms with E-state index in [-0.39, 0.29) is 0 Å². The van der Waals surface area contributed by atoms with E-state index in [1.165, 1.54) is 77.0 Å². The minimum Gasteiger partial charge on any atom is -0.325 e. The van der Waals surface area contributed by atoms with E-state index in [1.54, 1.807) is 0 Å². The van der Waals surface area contributed by atoms with Crippen molar-refractivity contribution < 1.29 is 14.3 Å². The maximum Gasteiger partial charge on any atom is 0.321 e. The summed E-state index contributed by atoms with van der Waals surface area (Å²) in [5.41, 5.74) is 0. The predicted octanol–water partition coefficient (Wildman–Crippen LogP) is 6.25. The maximum absolute atomic E-state index is 8.90. The summed E-state index contributed by atoms with van der Waals surface area (Å²) in [6.07, 6.45) is 22.3. The van der Waals surface area contributed by atoms with Crippen LogP contribution in [0.15, 0.2) is 12.2 Å². The Bertz CT molecular complexity index is 315. The summed E-state index contributed by atoms with van der Waals surface area (Å²) in [5, 5.41) is 0. The van der Waals surface area contributed by atoms with E-state index in [0.29, 0.717) is 6.61 Å². The maximum atomic E-state index is 8.90. The first-order chi connectivity index (χ1) is 11.1. The predicted molar refractivity (Wildman–Crippen MR) is 104 cm³/mol. The second-order valence-corrected chi connectivity index (χ2v) is 8.93. The van der Waals surface area contributed by atoms with Crippen molar-refractivity contribution in [2.24, 2.45) is 0 Å². The highest BCUT2D eigenvalue weighted by Crippen LogP contribution is 2.36. The van der Waals surface area contributed by atoms with Crippen LogP contribution in [0.2, 0.25) is 0 Å². The van der Waals surface area contributed by atoms with Gasteiger partial charge >= 0.3 is 6.72 Å². The van der Waals surface area contributed by atoms with E-state index in [0.717, 1.165) is 12.8 Å². The van der Waals surface area contributed by atoms with Gasteiger partial charge in [-0.15, -0.1) is 0 Å². The zero-order chi connectivity index (χ0) is 17.2. The van der Waals surface area contributed by atoms with Crippen molar-refractivity contribution in [1.82, 2.24) is 0 Å². The first-order valence-corrected chi connectivity index (χ1v) is 12.0. The molecule has 2 N–H and O–H groups in total. The Labute approximate surface area is 148 Å². The first kappa shape index (κ1) is 23.3. The van der Waals surface area contributed by atoms with Crippen molar-refractivity contribution in [3.63, 3.8) is 0 Å². The van der Waals surface area contributed by atoms with Crippen molar-refractivity contribution in [2.45, 2.75) is 96.8 Å². The molecule has 0 amide bonds. The fourth-order valence-corrected chi connectivity index (χ4v) is 3.12. The highest BCUT2D eigenvalue weighted by molar-refractivity contribution is 8.06. The van der Waals surface area contributed by atoms with Crippen LogP contribution in [-0.4, -0.2) is 16.4 Å². The molecule has 0 saturated carbocycles. The van der Waals surface area contributed by atoms with Gasteiger partial charge in [-0.3, -0.25) is 0 Å². The van der Waals surface area contributed by atoms with Crippen LogP contribution in [0.1, 0.15) is 96.8 Å². The van der Waals surface area contributed by atoms with Crippen molar-refractivity contribution in [3.8, 4) is 0 Å². The summed E-state index contributed by atoms with van der Waals surface area (Å²) < 4.78 is 4.78. The Balaban J connectivity index is 3.12.